The van der Waals surface area contributed by atoms with Crippen LogP contribution in [0.1, 0.15) is 58.3 Å². The lowest BCUT2D eigenvalue weighted by Gasteiger charge is -2.35. The summed E-state index contributed by atoms with van der Waals surface area (Å²) in [6, 6.07) is 0.191. The monoisotopic (exact) mass is 296 g/mol. The number of carboxylic acids is 1. The highest BCUT2D eigenvalue weighted by molar-refractivity contribution is 5.76. The second-order valence-corrected chi connectivity index (χ2v) is 6.77. The van der Waals surface area contributed by atoms with E-state index in [0.717, 1.165) is 12.8 Å². The molecule has 2 atom stereocenters. The standard InChI is InChI=1S/C16H28N2O3/c1-12-9-13(15(19)20)11-18(10-12)16(21)17-14-7-5-3-2-4-6-8-14/h12-14H,2-11H2,1H3,(H,17,21)(H,19,20). The molecule has 0 aromatic heterocycles. The van der Waals surface area contributed by atoms with Gasteiger partial charge in [-0.05, 0) is 25.2 Å². The molecule has 1 aliphatic heterocycles. The largest absolute Gasteiger partial charge is 0.481 e. The van der Waals surface area contributed by atoms with Crippen LogP contribution in [0.4, 0.5) is 4.79 Å². The van der Waals surface area contributed by atoms with E-state index >= 15 is 0 Å². The van der Waals surface area contributed by atoms with Gasteiger partial charge >= 0.3 is 12.0 Å². The topological polar surface area (TPSA) is 69.6 Å². The fourth-order valence-electron chi connectivity index (χ4n) is 3.56. The van der Waals surface area contributed by atoms with Crippen LogP contribution >= 0.6 is 0 Å². The van der Waals surface area contributed by atoms with Crippen molar-refractivity contribution in [2.75, 3.05) is 13.1 Å². The molecule has 1 saturated heterocycles. The van der Waals surface area contributed by atoms with Crippen LogP contribution < -0.4 is 5.32 Å². The number of hydrogen-bond acceptors (Lipinski definition) is 2. The molecule has 1 aliphatic carbocycles. The SMILES string of the molecule is CC1CC(C(=O)O)CN(C(=O)NC2CCCCCCC2)C1. The number of likely N-dealkylation sites (tertiary alicyclic amines) is 1. The van der Waals surface area contributed by atoms with Crippen molar-refractivity contribution in [1.29, 1.82) is 0 Å². The molecular formula is C16H28N2O3. The lowest BCUT2D eigenvalue weighted by molar-refractivity contribution is -0.143. The molecule has 120 valence electrons. The van der Waals surface area contributed by atoms with Gasteiger partial charge in [0.1, 0.15) is 0 Å². The van der Waals surface area contributed by atoms with Crippen molar-refractivity contribution < 1.29 is 14.7 Å². The minimum Gasteiger partial charge on any atom is -0.481 e. The average molecular weight is 296 g/mol. The molecule has 0 spiro atoms. The molecule has 21 heavy (non-hydrogen) atoms. The van der Waals surface area contributed by atoms with Crippen LogP contribution in [-0.4, -0.2) is 41.1 Å². The molecular weight excluding hydrogens is 268 g/mol. The van der Waals surface area contributed by atoms with Crippen LogP contribution in [-0.2, 0) is 4.79 Å². The zero-order valence-electron chi connectivity index (χ0n) is 13.0. The highest BCUT2D eigenvalue weighted by Crippen LogP contribution is 2.22. The molecule has 2 unspecified atom stereocenters. The van der Waals surface area contributed by atoms with Gasteiger partial charge in [-0.25, -0.2) is 4.79 Å². The minimum absolute atomic E-state index is 0.0710. The molecule has 5 nitrogen and oxygen atoms in total. The molecule has 1 saturated carbocycles. The van der Waals surface area contributed by atoms with E-state index in [1.165, 1.54) is 32.1 Å². The van der Waals surface area contributed by atoms with E-state index in [0.29, 0.717) is 19.5 Å². The van der Waals surface area contributed by atoms with Gasteiger partial charge in [0.25, 0.3) is 0 Å². The molecule has 5 heteroatoms. The second kappa shape index (κ2) is 7.66. The number of rotatable bonds is 2. The summed E-state index contributed by atoms with van der Waals surface area (Å²) in [6.07, 6.45) is 8.96. The van der Waals surface area contributed by atoms with E-state index in [9.17, 15) is 14.7 Å². The number of piperidine rings is 1. The Bertz CT molecular complexity index is 365. The molecule has 0 aromatic rings. The third-order valence-electron chi connectivity index (χ3n) is 4.73. The summed E-state index contributed by atoms with van der Waals surface area (Å²) >= 11 is 0. The summed E-state index contributed by atoms with van der Waals surface area (Å²) < 4.78 is 0. The van der Waals surface area contributed by atoms with Crippen molar-refractivity contribution in [2.24, 2.45) is 11.8 Å². The average Bonchev–Trinajstić information content (AvgIpc) is 2.40. The quantitative estimate of drug-likeness (QED) is 0.823. The first kappa shape index (κ1) is 16.1. The Morgan fingerprint density at radius 3 is 2.29 bits per heavy atom. The van der Waals surface area contributed by atoms with Crippen LogP contribution in [0.2, 0.25) is 0 Å². The highest BCUT2D eigenvalue weighted by Gasteiger charge is 2.32. The van der Waals surface area contributed by atoms with E-state index in [-0.39, 0.29) is 18.0 Å². The fourth-order valence-corrected chi connectivity index (χ4v) is 3.56. The van der Waals surface area contributed by atoms with Gasteiger partial charge in [-0.2, -0.15) is 0 Å². The maximum Gasteiger partial charge on any atom is 0.317 e. The smallest absolute Gasteiger partial charge is 0.317 e. The van der Waals surface area contributed by atoms with Crippen LogP contribution in [0, 0.1) is 11.8 Å². The first-order valence-electron chi connectivity index (χ1n) is 8.34. The van der Waals surface area contributed by atoms with E-state index in [2.05, 4.69) is 5.32 Å². The van der Waals surface area contributed by atoms with Gasteiger partial charge < -0.3 is 15.3 Å². The first-order valence-corrected chi connectivity index (χ1v) is 8.34. The maximum atomic E-state index is 12.4. The normalized spacial score (nSPS) is 28.5. The molecule has 0 bridgehead atoms. The number of nitrogens with one attached hydrogen (secondary N) is 1. The van der Waals surface area contributed by atoms with E-state index in [1.54, 1.807) is 4.90 Å². The van der Waals surface area contributed by atoms with Crippen LogP contribution in [0.3, 0.4) is 0 Å². The number of carboxylic acid groups (broad SMARTS) is 1. The Hall–Kier alpha value is -1.26. The lowest BCUT2D eigenvalue weighted by Crippen LogP contribution is -2.51. The lowest BCUT2D eigenvalue weighted by atomic mass is 9.90. The van der Waals surface area contributed by atoms with E-state index < -0.39 is 11.9 Å². The Morgan fingerprint density at radius 2 is 1.67 bits per heavy atom. The Kier molecular flexibility index (Phi) is 5.88. The van der Waals surface area contributed by atoms with Gasteiger partial charge in [0.15, 0.2) is 0 Å². The van der Waals surface area contributed by atoms with Gasteiger partial charge in [0.2, 0.25) is 0 Å². The molecule has 2 amide bonds. The number of carbonyl (C=O) groups is 2. The van der Waals surface area contributed by atoms with Crippen LogP contribution in [0.15, 0.2) is 0 Å². The van der Waals surface area contributed by atoms with Crippen molar-refractivity contribution in [3.63, 3.8) is 0 Å². The summed E-state index contributed by atoms with van der Waals surface area (Å²) in [5.41, 5.74) is 0. The van der Waals surface area contributed by atoms with E-state index in [4.69, 9.17) is 0 Å². The Balaban J connectivity index is 1.87. The minimum atomic E-state index is -0.787. The van der Waals surface area contributed by atoms with Crippen molar-refractivity contribution in [1.82, 2.24) is 10.2 Å². The number of nitrogens with zero attached hydrogens (tertiary/aromatic N) is 1. The van der Waals surface area contributed by atoms with Gasteiger partial charge in [-0.15, -0.1) is 0 Å². The number of aliphatic carboxylic acids is 1. The molecule has 2 N–H and O–H groups in total. The van der Waals surface area contributed by atoms with E-state index in [1.807, 2.05) is 6.92 Å². The van der Waals surface area contributed by atoms with Crippen molar-refractivity contribution in [3.8, 4) is 0 Å². The third kappa shape index (κ3) is 4.90. The molecule has 0 aromatic carbocycles. The van der Waals surface area contributed by atoms with Gasteiger partial charge in [-0.1, -0.05) is 39.0 Å². The summed E-state index contributed by atoms with van der Waals surface area (Å²) in [6.45, 7) is 3.03. The molecule has 2 fully saturated rings. The molecule has 1 heterocycles. The van der Waals surface area contributed by atoms with Crippen molar-refractivity contribution in [3.05, 3.63) is 0 Å². The Labute approximate surface area is 127 Å². The van der Waals surface area contributed by atoms with Gasteiger partial charge in [-0.3, -0.25) is 4.79 Å². The number of hydrogen-bond donors (Lipinski definition) is 2. The van der Waals surface area contributed by atoms with Gasteiger partial charge in [0, 0.05) is 19.1 Å². The number of amides is 2. The van der Waals surface area contributed by atoms with Crippen LogP contribution in [0.5, 0.6) is 0 Å². The Morgan fingerprint density at radius 1 is 1.05 bits per heavy atom. The second-order valence-electron chi connectivity index (χ2n) is 6.77. The zero-order chi connectivity index (χ0) is 15.2. The first-order chi connectivity index (χ1) is 10.1. The molecule has 2 rings (SSSR count). The zero-order valence-corrected chi connectivity index (χ0v) is 13.0. The maximum absolute atomic E-state index is 12.4. The fraction of sp³-hybridized carbons (Fsp3) is 0.875. The predicted octanol–water partition coefficient (Wildman–Crippen LogP) is 2.85. The summed E-state index contributed by atoms with van der Waals surface area (Å²) in [5, 5.41) is 12.3. The summed E-state index contributed by atoms with van der Waals surface area (Å²) in [4.78, 5) is 25.3. The van der Waals surface area contributed by atoms with Crippen molar-refractivity contribution in [2.45, 2.75) is 64.3 Å². The van der Waals surface area contributed by atoms with Crippen molar-refractivity contribution >= 4 is 12.0 Å². The highest BCUT2D eigenvalue weighted by atomic mass is 16.4. The third-order valence-corrected chi connectivity index (χ3v) is 4.73. The summed E-state index contributed by atoms with van der Waals surface area (Å²) in [5.74, 6) is -0.954. The van der Waals surface area contributed by atoms with Crippen LogP contribution in [0.25, 0.3) is 0 Å². The summed E-state index contributed by atoms with van der Waals surface area (Å²) in [7, 11) is 0. The predicted molar refractivity (Wildman–Crippen MR) is 81.1 cm³/mol. The molecule has 2 aliphatic rings. The molecule has 0 radical (unpaired) electrons. The number of urea groups is 1. The number of carbonyl (C=O) groups excluding carboxylic acids is 1. The van der Waals surface area contributed by atoms with Gasteiger partial charge in [0.05, 0.1) is 5.92 Å².